The van der Waals surface area contributed by atoms with E-state index in [0.717, 1.165) is 12.8 Å². The van der Waals surface area contributed by atoms with Crippen LogP contribution >= 0.6 is 0 Å². The second kappa shape index (κ2) is 9.69. The van der Waals surface area contributed by atoms with Gasteiger partial charge < -0.3 is 14.6 Å². The Hall–Kier alpha value is -0.200. The van der Waals surface area contributed by atoms with Gasteiger partial charge in [0.05, 0.1) is 38.1 Å². The lowest BCUT2D eigenvalue weighted by atomic mass is 10.3. The van der Waals surface area contributed by atoms with Crippen LogP contribution in [0.25, 0.3) is 0 Å². The van der Waals surface area contributed by atoms with Gasteiger partial charge in [-0.15, -0.1) is 0 Å². The van der Waals surface area contributed by atoms with E-state index in [-0.39, 0.29) is 6.10 Å². The fourth-order valence-electron chi connectivity index (χ4n) is 1.89. The smallest absolute Gasteiger partial charge is 0.0920 e. The van der Waals surface area contributed by atoms with Gasteiger partial charge in [-0.2, -0.15) is 5.48 Å². The molecule has 0 bridgehead atoms. The lowest BCUT2D eigenvalue weighted by molar-refractivity contribution is -0.0552. The van der Waals surface area contributed by atoms with Gasteiger partial charge in [0.1, 0.15) is 0 Å². The van der Waals surface area contributed by atoms with Crippen LogP contribution in [0.2, 0.25) is 0 Å². The summed E-state index contributed by atoms with van der Waals surface area (Å²) in [6.07, 6.45) is 4.73. The second-order valence-electron chi connectivity index (χ2n) is 5.02. The third-order valence-electron chi connectivity index (χ3n) is 2.86. The number of ether oxygens (including phenoxy) is 2. The molecule has 0 aromatic rings. The summed E-state index contributed by atoms with van der Waals surface area (Å²) in [5, 5.41) is 9.62. The molecule has 1 aliphatic rings. The number of nitrogens with one attached hydrogen (secondary N) is 1. The van der Waals surface area contributed by atoms with Crippen LogP contribution in [0.1, 0.15) is 39.5 Å². The van der Waals surface area contributed by atoms with Crippen molar-refractivity contribution >= 4 is 0 Å². The van der Waals surface area contributed by atoms with Crippen molar-refractivity contribution in [2.45, 2.75) is 57.8 Å². The van der Waals surface area contributed by atoms with Gasteiger partial charge in [0.15, 0.2) is 0 Å². The van der Waals surface area contributed by atoms with Crippen LogP contribution in [0.3, 0.4) is 0 Å². The van der Waals surface area contributed by atoms with Crippen LogP contribution in [0, 0.1) is 0 Å². The highest BCUT2D eigenvalue weighted by Gasteiger charge is 2.15. The van der Waals surface area contributed by atoms with Crippen LogP contribution in [0.4, 0.5) is 0 Å². The normalized spacial score (nSPS) is 18.7. The molecule has 0 amide bonds. The molecule has 1 unspecified atom stereocenters. The molecule has 18 heavy (non-hydrogen) atoms. The number of rotatable bonds is 10. The summed E-state index contributed by atoms with van der Waals surface area (Å²) in [4.78, 5) is 5.44. The zero-order valence-electron chi connectivity index (χ0n) is 11.6. The molecule has 2 N–H and O–H groups in total. The van der Waals surface area contributed by atoms with Crippen molar-refractivity contribution < 1.29 is 19.4 Å². The molecule has 1 rings (SSSR count). The average molecular weight is 261 g/mol. The molecule has 5 heteroatoms. The minimum absolute atomic E-state index is 0.222. The topological polar surface area (TPSA) is 60.0 Å². The predicted molar refractivity (Wildman–Crippen MR) is 69.3 cm³/mol. The highest BCUT2D eigenvalue weighted by atomic mass is 16.7. The van der Waals surface area contributed by atoms with E-state index in [0.29, 0.717) is 32.5 Å². The molecule has 0 saturated heterocycles. The number of aliphatic hydroxyl groups excluding tert-OH is 1. The van der Waals surface area contributed by atoms with Crippen molar-refractivity contribution in [3.8, 4) is 0 Å². The zero-order chi connectivity index (χ0) is 13.2. The van der Waals surface area contributed by atoms with E-state index in [1.165, 1.54) is 12.8 Å². The van der Waals surface area contributed by atoms with E-state index in [1.807, 2.05) is 13.8 Å². The van der Waals surface area contributed by atoms with Gasteiger partial charge in [0.25, 0.3) is 0 Å². The molecule has 0 aromatic heterocycles. The van der Waals surface area contributed by atoms with Crippen molar-refractivity contribution in [1.29, 1.82) is 0 Å². The van der Waals surface area contributed by atoms with E-state index in [4.69, 9.17) is 14.3 Å². The van der Waals surface area contributed by atoms with Crippen molar-refractivity contribution in [1.82, 2.24) is 5.48 Å². The molecule has 1 saturated carbocycles. The molecule has 0 radical (unpaired) electrons. The highest BCUT2D eigenvalue weighted by Crippen LogP contribution is 2.19. The van der Waals surface area contributed by atoms with Crippen LogP contribution < -0.4 is 5.48 Å². The molecule has 0 aliphatic heterocycles. The monoisotopic (exact) mass is 261 g/mol. The van der Waals surface area contributed by atoms with Crippen LogP contribution in [0.15, 0.2) is 0 Å². The molecule has 1 atom stereocenters. The largest absolute Gasteiger partial charge is 0.389 e. The van der Waals surface area contributed by atoms with E-state index in [9.17, 15) is 5.11 Å². The van der Waals surface area contributed by atoms with E-state index in [2.05, 4.69) is 5.48 Å². The van der Waals surface area contributed by atoms with Gasteiger partial charge in [0.2, 0.25) is 0 Å². The molecule has 1 aliphatic carbocycles. The fourth-order valence-corrected chi connectivity index (χ4v) is 1.89. The van der Waals surface area contributed by atoms with E-state index >= 15 is 0 Å². The molecule has 0 aromatic carbocycles. The summed E-state index contributed by atoms with van der Waals surface area (Å²) < 4.78 is 10.6. The van der Waals surface area contributed by atoms with Crippen LogP contribution in [-0.2, 0) is 14.3 Å². The molecule has 1 fully saturated rings. The highest BCUT2D eigenvalue weighted by molar-refractivity contribution is 4.66. The standard InChI is InChI=1S/C13H27NO4/c1-11(2)17-8-7-16-10-12(15)9-14-18-13-5-3-4-6-13/h11-15H,3-10H2,1-2H3. The SMILES string of the molecule is CC(C)OCCOCC(O)CNOC1CCCC1. The van der Waals surface area contributed by atoms with Crippen molar-refractivity contribution in [3.63, 3.8) is 0 Å². The van der Waals surface area contributed by atoms with Gasteiger partial charge >= 0.3 is 0 Å². The van der Waals surface area contributed by atoms with Crippen LogP contribution in [0.5, 0.6) is 0 Å². The van der Waals surface area contributed by atoms with Crippen LogP contribution in [-0.4, -0.2) is 49.8 Å². The quantitative estimate of drug-likeness (QED) is 0.458. The summed E-state index contributed by atoms with van der Waals surface area (Å²) in [7, 11) is 0. The number of hydroxylamine groups is 1. The summed E-state index contributed by atoms with van der Waals surface area (Å²) in [5.74, 6) is 0. The fraction of sp³-hybridized carbons (Fsp3) is 1.00. The summed E-state index contributed by atoms with van der Waals surface area (Å²) >= 11 is 0. The molecular formula is C13H27NO4. The maximum absolute atomic E-state index is 9.62. The third kappa shape index (κ3) is 8.00. The maximum Gasteiger partial charge on any atom is 0.0920 e. The summed E-state index contributed by atoms with van der Waals surface area (Å²) in [6.45, 7) is 5.76. The lowest BCUT2D eigenvalue weighted by Crippen LogP contribution is -2.33. The van der Waals surface area contributed by atoms with Gasteiger partial charge in [0, 0.05) is 6.54 Å². The molecule has 0 heterocycles. The van der Waals surface area contributed by atoms with E-state index in [1.54, 1.807) is 0 Å². The summed E-state index contributed by atoms with van der Waals surface area (Å²) in [6, 6.07) is 0. The van der Waals surface area contributed by atoms with Gasteiger partial charge in [-0.25, -0.2) is 0 Å². The third-order valence-corrected chi connectivity index (χ3v) is 2.86. The van der Waals surface area contributed by atoms with Gasteiger partial charge in [-0.1, -0.05) is 12.8 Å². The van der Waals surface area contributed by atoms with Crippen molar-refractivity contribution in [2.75, 3.05) is 26.4 Å². The minimum atomic E-state index is -0.537. The Morgan fingerprint density at radius 2 is 1.94 bits per heavy atom. The molecule has 5 nitrogen and oxygen atoms in total. The Morgan fingerprint density at radius 3 is 2.61 bits per heavy atom. The molecule has 0 spiro atoms. The maximum atomic E-state index is 9.62. The predicted octanol–water partition coefficient (Wildman–Crippen LogP) is 1.25. The lowest BCUT2D eigenvalue weighted by Gasteiger charge is -2.15. The summed E-state index contributed by atoms with van der Waals surface area (Å²) in [5.41, 5.74) is 2.82. The van der Waals surface area contributed by atoms with Gasteiger partial charge in [-0.3, -0.25) is 4.84 Å². The Balaban J connectivity index is 1.85. The number of aliphatic hydroxyl groups is 1. The average Bonchev–Trinajstić information content (AvgIpc) is 2.81. The van der Waals surface area contributed by atoms with Crippen molar-refractivity contribution in [2.24, 2.45) is 0 Å². The minimum Gasteiger partial charge on any atom is -0.389 e. The second-order valence-corrected chi connectivity index (χ2v) is 5.02. The van der Waals surface area contributed by atoms with Crippen molar-refractivity contribution in [3.05, 3.63) is 0 Å². The Bertz CT molecular complexity index is 195. The molecule has 108 valence electrons. The first-order valence-corrected chi connectivity index (χ1v) is 6.94. The van der Waals surface area contributed by atoms with E-state index < -0.39 is 6.10 Å². The Morgan fingerprint density at radius 1 is 1.22 bits per heavy atom. The Kier molecular flexibility index (Phi) is 8.54. The van der Waals surface area contributed by atoms with Gasteiger partial charge in [-0.05, 0) is 26.7 Å². The Labute approximate surface area is 110 Å². The first-order valence-electron chi connectivity index (χ1n) is 6.94. The first kappa shape index (κ1) is 15.9. The number of hydrogen-bond donors (Lipinski definition) is 2. The first-order chi connectivity index (χ1) is 8.68. The molecular weight excluding hydrogens is 234 g/mol. The number of hydrogen-bond acceptors (Lipinski definition) is 5. The zero-order valence-corrected chi connectivity index (χ0v) is 11.6.